The number of nitrogens with one attached hydrogen (secondary N) is 2. The number of carbonyl (C=O) groups excluding carboxylic acids is 2. The topological polar surface area (TPSA) is 89.0 Å². The summed E-state index contributed by atoms with van der Waals surface area (Å²) >= 11 is 0. The number of hydrogen-bond donors (Lipinski definition) is 2. The van der Waals surface area contributed by atoms with E-state index in [4.69, 9.17) is 9.47 Å². The molecule has 0 aliphatic heterocycles. The van der Waals surface area contributed by atoms with Crippen LogP contribution in [0.25, 0.3) is 0 Å². The van der Waals surface area contributed by atoms with Crippen LogP contribution in [0.1, 0.15) is 36.7 Å². The zero-order valence-corrected chi connectivity index (χ0v) is 15.8. The molecule has 2 aromatic carbocycles. The number of amides is 2. The van der Waals surface area contributed by atoms with Gasteiger partial charge in [-0.05, 0) is 61.9 Å². The van der Waals surface area contributed by atoms with Gasteiger partial charge in [-0.3, -0.25) is 9.59 Å². The van der Waals surface area contributed by atoms with Gasteiger partial charge in [-0.25, -0.2) is 5.43 Å². The predicted octanol–water partition coefficient (Wildman–Crippen LogP) is 3.20. The fraction of sp³-hybridized carbons (Fsp3) is 0.250. The second-order valence-corrected chi connectivity index (χ2v) is 6.03. The minimum Gasteiger partial charge on any atom is -0.493 e. The van der Waals surface area contributed by atoms with Crippen molar-refractivity contribution in [3.63, 3.8) is 0 Å². The molecule has 0 spiro atoms. The lowest BCUT2D eigenvalue weighted by Crippen LogP contribution is -2.17. The number of methoxy groups -OCH3 is 1. The first-order chi connectivity index (χ1) is 12.9. The number of benzene rings is 2. The van der Waals surface area contributed by atoms with Gasteiger partial charge in [0, 0.05) is 18.2 Å². The van der Waals surface area contributed by atoms with Gasteiger partial charge in [0.15, 0.2) is 11.5 Å². The average Bonchev–Trinajstić information content (AvgIpc) is 2.62. The first-order valence-electron chi connectivity index (χ1n) is 8.45. The Labute approximate surface area is 158 Å². The van der Waals surface area contributed by atoms with Crippen molar-refractivity contribution in [3.05, 3.63) is 53.6 Å². The zero-order chi connectivity index (χ0) is 19.8. The second-order valence-electron chi connectivity index (χ2n) is 6.03. The fourth-order valence-electron chi connectivity index (χ4n) is 2.25. The summed E-state index contributed by atoms with van der Waals surface area (Å²) in [7, 11) is 1.57. The van der Waals surface area contributed by atoms with Crippen molar-refractivity contribution in [2.75, 3.05) is 12.4 Å². The molecule has 2 amide bonds. The first-order valence-corrected chi connectivity index (χ1v) is 8.45. The van der Waals surface area contributed by atoms with Crippen molar-refractivity contribution in [1.29, 1.82) is 0 Å². The minimum absolute atomic E-state index is 0.0368. The van der Waals surface area contributed by atoms with E-state index in [1.807, 2.05) is 19.9 Å². The largest absolute Gasteiger partial charge is 0.493 e. The smallest absolute Gasteiger partial charge is 0.271 e. The highest BCUT2D eigenvalue weighted by Gasteiger charge is 2.07. The Morgan fingerprint density at radius 3 is 2.37 bits per heavy atom. The maximum Gasteiger partial charge on any atom is 0.271 e. The van der Waals surface area contributed by atoms with Crippen LogP contribution in [0.15, 0.2) is 47.6 Å². The molecule has 0 aliphatic carbocycles. The second kappa shape index (κ2) is 9.38. The molecule has 0 heterocycles. The van der Waals surface area contributed by atoms with Gasteiger partial charge in [0.25, 0.3) is 5.91 Å². The summed E-state index contributed by atoms with van der Waals surface area (Å²) in [5.74, 6) is 0.713. The van der Waals surface area contributed by atoms with Crippen molar-refractivity contribution < 1.29 is 19.1 Å². The van der Waals surface area contributed by atoms with Crippen LogP contribution in [0.3, 0.4) is 0 Å². The van der Waals surface area contributed by atoms with E-state index in [0.717, 1.165) is 5.56 Å². The molecular weight excluding hydrogens is 346 g/mol. The Morgan fingerprint density at radius 1 is 1.07 bits per heavy atom. The lowest BCUT2D eigenvalue weighted by atomic mass is 10.2. The highest BCUT2D eigenvalue weighted by atomic mass is 16.5. The van der Waals surface area contributed by atoms with Crippen molar-refractivity contribution in [1.82, 2.24) is 5.43 Å². The molecule has 0 fully saturated rings. The van der Waals surface area contributed by atoms with Crippen LogP contribution >= 0.6 is 0 Å². The molecule has 0 saturated carbocycles. The van der Waals surface area contributed by atoms with Gasteiger partial charge in [0.2, 0.25) is 5.91 Å². The number of nitrogens with zero attached hydrogens (tertiary/aromatic N) is 1. The maximum absolute atomic E-state index is 12.1. The Morgan fingerprint density at radius 2 is 1.78 bits per heavy atom. The van der Waals surface area contributed by atoms with E-state index < -0.39 is 0 Å². The lowest BCUT2D eigenvalue weighted by molar-refractivity contribution is -0.114. The number of hydrogen-bond acceptors (Lipinski definition) is 5. The van der Waals surface area contributed by atoms with Crippen LogP contribution < -0.4 is 20.2 Å². The SMILES string of the molecule is COc1cc(C=NNC(=O)c2ccc(NC(C)=O)cc2)ccc1OC(C)C. The molecule has 7 heteroatoms. The molecule has 0 bridgehead atoms. The Balaban J connectivity index is 2.00. The summed E-state index contributed by atoms with van der Waals surface area (Å²) in [6.45, 7) is 5.30. The molecule has 2 N–H and O–H groups in total. The summed E-state index contributed by atoms with van der Waals surface area (Å²) in [6.07, 6.45) is 1.56. The van der Waals surface area contributed by atoms with Gasteiger partial charge in [0.1, 0.15) is 0 Å². The molecule has 2 rings (SSSR count). The summed E-state index contributed by atoms with van der Waals surface area (Å²) < 4.78 is 11.0. The van der Waals surface area contributed by atoms with Crippen molar-refractivity contribution in [2.24, 2.45) is 5.10 Å². The van der Waals surface area contributed by atoms with E-state index in [0.29, 0.717) is 22.7 Å². The quantitative estimate of drug-likeness (QED) is 0.579. The molecule has 0 radical (unpaired) electrons. The molecule has 7 nitrogen and oxygen atoms in total. The molecule has 27 heavy (non-hydrogen) atoms. The van der Waals surface area contributed by atoms with Gasteiger partial charge >= 0.3 is 0 Å². The van der Waals surface area contributed by atoms with Crippen LogP contribution in [0.2, 0.25) is 0 Å². The van der Waals surface area contributed by atoms with E-state index in [2.05, 4.69) is 15.8 Å². The first kappa shape index (κ1) is 20.0. The van der Waals surface area contributed by atoms with Crippen LogP contribution in [0, 0.1) is 0 Å². The monoisotopic (exact) mass is 369 g/mol. The Hall–Kier alpha value is -3.35. The molecule has 0 atom stereocenters. The van der Waals surface area contributed by atoms with Gasteiger partial charge in [-0.1, -0.05) is 0 Å². The Kier molecular flexibility index (Phi) is 6.93. The van der Waals surface area contributed by atoms with Crippen LogP contribution in [0.5, 0.6) is 11.5 Å². The number of carbonyl (C=O) groups is 2. The normalized spacial score (nSPS) is 10.7. The molecule has 0 aliphatic rings. The van der Waals surface area contributed by atoms with Gasteiger partial charge in [0.05, 0.1) is 19.4 Å². The summed E-state index contributed by atoms with van der Waals surface area (Å²) in [6, 6.07) is 11.9. The summed E-state index contributed by atoms with van der Waals surface area (Å²) in [4.78, 5) is 23.1. The third-order valence-electron chi connectivity index (χ3n) is 3.40. The fourth-order valence-corrected chi connectivity index (χ4v) is 2.25. The maximum atomic E-state index is 12.1. The number of hydrazone groups is 1. The van der Waals surface area contributed by atoms with Gasteiger partial charge < -0.3 is 14.8 Å². The van der Waals surface area contributed by atoms with Crippen LogP contribution in [-0.2, 0) is 4.79 Å². The van der Waals surface area contributed by atoms with E-state index in [1.165, 1.54) is 13.1 Å². The third-order valence-corrected chi connectivity index (χ3v) is 3.40. The standard InChI is InChI=1S/C20H23N3O4/c1-13(2)27-18-10-5-15(11-19(18)26-4)12-21-23-20(25)16-6-8-17(9-7-16)22-14(3)24/h5-13H,1-4H3,(H,22,24)(H,23,25). The molecule has 2 aromatic rings. The van der Waals surface area contributed by atoms with Gasteiger partial charge in [-0.15, -0.1) is 0 Å². The van der Waals surface area contributed by atoms with Gasteiger partial charge in [-0.2, -0.15) is 5.10 Å². The van der Waals surface area contributed by atoms with Crippen LogP contribution in [-0.4, -0.2) is 31.2 Å². The number of ether oxygens (including phenoxy) is 2. The molecule has 0 saturated heterocycles. The predicted molar refractivity (Wildman–Crippen MR) is 105 cm³/mol. The molecule has 0 aromatic heterocycles. The van der Waals surface area contributed by atoms with Crippen molar-refractivity contribution in [3.8, 4) is 11.5 Å². The number of anilines is 1. The van der Waals surface area contributed by atoms with E-state index >= 15 is 0 Å². The van der Waals surface area contributed by atoms with Crippen LogP contribution in [0.4, 0.5) is 5.69 Å². The van der Waals surface area contributed by atoms with Crippen molar-refractivity contribution in [2.45, 2.75) is 26.9 Å². The van der Waals surface area contributed by atoms with E-state index in [1.54, 1.807) is 43.5 Å². The third kappa shape index (κ3) is 6.14. The average molecular weight is 369 g/mol. The Bertz CT molecular complexity index is 830. The minimum atomic E-state index is -0.354. The molecular formula is C20H23N3O4. The summed E-state index contributed by atoms with van der Waals surface area (Å²) in [5.41, 5.74) is 4.27. The summed E-state index contributed by atoms with van der Waals surface area (Å²) in [5, 5.41) is 6.60. The molecule has 142 valence electrons. The highest BCUT2D eigenvalue weighted by Crippen LogP contribution is 2.28. The molecule has 0 unspecified atom stereocenters. The highest BCUT2D eigenvalue weighted by molar-refractivity contribution is 5.96. The van der Waals surface area contributed by atoms with E-state index in [-0.39, 0.29) is 17.9 Å². The zero-order valence-electron chi connectivity index (χ0n) is 15.8. The number of rotatable bonds is 7. The lowest BCUT2D eigenvalue weighted by Gasteiger charge is -2.13. The van der Waals surface area contributed by atoms with Crippen molar-refractivity contribution >= 4 is 23.7 Å². The van der Waals surface area contributed by atoms with E-state index in [9.17, 15) is 9.59 Å².